The first-order valence-corrected chi connectivity index (χ1v) is 11.6. The van der Waals surface area contributed by atoms with Crippen molar-refractivity contribution in [2.75, 3.05) is 22.1 Å². The Morgan fingerprint density at radius 1 is 0.929 bits per heavy atom. The van der Waals surface area contributed by atoms with Crippen LogP contribution in [-0.4, -0.2) is 28.6 Å². The van der Waals surface area contributed by atoms with Crippen LogP contribution in [0.3, 0.4) is 0 Å². The zero-order valence-electron chi connectivity index (χ0n) is 16.1. The van der Waals surface area contributed by atoms with Crippen LogP contribution in [0.1, 0.15) is 31.2 Å². The average molecular weight is 415 g/mol. The third-order valence-electron chi connectivity index (χ3n) is 4.51. The molecule has 0 bridgehead atoms. The molecule has 0 heterocycles. The van der Waals surface area contributed by atoms with Gasteiger partial charge in [0.25, 0.3) is 0 Å². The SMILES string of the molecule is Cc1cccc(NC(=O)CSCC(=O)Nc2ccc(SC3CCCC3)cc2)c1. The normalized spacial score (nSPS) is 14.0. The summed E-state index contributed by atoms with van der Waals surface area (Å²) in [5.41, 5.74) is 2.67. The van der Waals surface area contributed by atoms with Crippen LogP contribution in [0.5, 0.6) is 0 Å². The van der Waals surface area contributed by atoms with Crippen LogP contribution < -0.4 is 10.6 Å². The van der Waals surface area contributed by atoms with Gasteiger partial charge >= 0.3 is 0 Å². The first kappa shape index (κ1) is 20.8. The van der Waals surface area contributed by atoms with Crippen molar-refractivity contribution in [1.29, 1.82) is 0 Å². The highest BCUT2D eigenvalue weighted by molar-refractivity contribution is 8.00. The molecule has 6 heteroatoms. The molecule has 28 heavy (non-hydrogen) atoms. The quantitative estimate of drug-likeness (QED) is 0.612. The zero-order valence-corrected chi connectivity index (χ0v) is 17.7. The van der Waals surface area contributed by atoms with Gasteiger partial charge < -0.3 is 10.6 Å². The molecule has 1 saturated carbocycles. The van der Waals surface area contributed by atoms with E-state index in [2.05, 4.69) is 22.8 Å². The lowest BCUT2D eigenvalue weighted by Crippen LogP contribution is -2.18. The van der Waals surface area contributed by atoms with Gasteiger partial charge in [0.1, 0.15) is 0 Å². The topological polar surface area (TPSA) is 58.2 Å². The van der Waals surface area contributed by atoms with Gasteiger partial charge in [-0.05, 0) is 61.7 Å². The highest BCUT2D eigenvalue weighted by Gasteiger charge is 2.16. The lowest BCUT2D eigenvalue weighted by Gasteiger charge is -2.10. The maximum Gasteiger partial charge on any atom is 0.234 e. The Bertz CT molecular complexity index is 802. The van der Waals surface area contributed by atoms with Crippen LogP contribution in [0, 0.1) is 6.92 Å². The lowest BCUT2D eigenvalue weighted by molar-refractivity contribution is -0.114. The Morgan fingerprint density at radius 2 is 1.57 bits per heavy atom. The minimum Gasteiger partial charge on any atom is -0.325 e. The van der Waals surface area contributed by atoms with Gasteiger partial charge in [-0.3, -0.25) is 9.59 Å². The molecule has 0 radical (unpaired) electrons. The van der Waals surface area contributed by atoms with Crippen molar-refractivity contribution in [1.82, 2.24) is 0 Å². The number of rotatable bonds is 8. The number of aryl methyl sites for hydroxylation is 1. The third-order valence-corrected chi connectivity index (χ3v) is 6.79. The van der Waals surface area contributed by atoms with E-state index in [1.165, 1.54) is 42.3 Å². The Kier molecular flexibility index (Phi) is 7.86. The van der Waals surface area contributed by atoms with Crippen molar-refractivity contribution in [3.63, 3.8) is 0 Å². The van der Waals surface area contributed by atoms with Gasteiger partial charge in [-0.25, -0.2) is 0 Å². The van der Waals surface area contributed by atoms with Gasteiger partial charge in [-0.1, -0.05) is 25.0 Å². The monoisotopic (exact) mass is 414 g/mol. The van der Waals surface area contributed by atoms with Crippen molar-refractivity contribution >= 4 is 46.7 Å². The summed E-state index contributed by atoms with van der Waals surface area (Å²) in [7, 11) is 0. The summed E-state index contributed by atoms with van der Waals surface area (Å²) in [6, 6.07) is 15.7. The number of benzene rings is 2. The molecule has 0 aromatic heterocycles. The van der Waals surface area contributed by atoms with Crippen molar-refractivity contribution < 1.29 is 9.59 Å². The van der Waals surface area contributed by atoms with Crippen LogP contribution in [0.25, 0.3) is 0 Å². The van der Waals surface area contributed by atoms with E-state index in [1.54, 1.807) is 0 Å². The first-order valence-electron chi connectivity index (χ1n) is 9.59. The molecule has 1 fully saturated rings. The molecule has 0 saturated heterocycles. The summed E-state index contributed by atoms with van der Waals surface area (Å²) >= 11 is 3.24. The molecule has 0 unspecified atom stereocenters. The third kappa shape index (κ3) is 6.91. The molecule has 3 rings (SSSR count). The minimum atomic E-state index is -0.100. The predicted molar refractivity (Wildman–Crippen MR) is 120 cm³/mol. The van der Waals surface area contributed by atoms with E-state index in [1.807, 2.05) is 55.1 Å². The molecule has 1 aliphatic rings. The Balaban J connectivity index is 1.36. The fourth-order valence-corrected chi connectivity index (χ4v) is 5.03. The van der Waals surface area contributed by atoms with Gasteiger partial charge in [-0.2, -0.15) is 0 Å². The molecular formula is C22H26N2O2S2. The van der Waals surface area contributed by atoms with Gasteiger partial charge in [0.05, 0.1) is 11.5 Å². The fraction of sp³-hybridized carbons (Fsp3) is 0.364. The predicted octanol–water partition coefficient (Wildman–Crippen LogP) is 5.34. The zero-order chi connectivity index (χ0) is 19.8. The number of amides is 2. The standard InChI is InChI=1S/C22H26N2O2S2/c1-16-5-4-6-18(13-16)24-22(26)15-27-14-21(25)23-17-9-11-20(12-10-17)28-19-7-2-3-8-19/h4-6,9-13,19H,2-3,7-8,14-15H2,1H3,(H,23,25)(H,24,26). The summed E-state index contributed by atoms with van der Waals surface area (Å²) in [5.74, 6) is 0.305. The van der Waals surface area contributed by atoms with Crippen LogP contribution in [0.15, 0.2) is 53.4 Å². The van der Waals surface area contributed by atoms with Gasteiger partial charge in [0.2, 0.25) is 11.8 Å². The molecule has 2 aromatic carbocycles. The number of anilines is 2. The largest absolute Gasteiger partial charge is 0.325 e. The highest BCUT2D eigenvalue weighted by Crippen LogP contribution is 2.34. The molecule has 0 spiro atoms. The summed E-state index contributed by atoms with van der Waals surface area (Å²) in [6.45, 7) is 1.98. The van der Waals surface area contributed by atoms with Crippen molar-refractivity contribution in [3.8, 4) is 0 Å². The molecular weight excluding hydrogens is 388 g/mol. The van der Waals surface area contributed by atoms with E-state index in [4.69, 9.17) is 0 Å². The molecule has 2 amide bonds. The van der Waals surface area contributed by atoms with Crippen LogP contribution >= 0.6 is 23.5 Å². The summed E-state index contributed by atoms with van der Waals surface area (Å²) in [6.07, 6.45) is 5.29. The Labute approximate surface area is 175 Å². The van der Waals surface area contributed by atoms with E-state index in [-0.39, 0.29) is 23.3 Å². The van der Waals surface area contributed by atoms with E-state index >= 15 is 0 Å². The molecule has 148 valence electrons. The van der Waals surface area contributed by atoms with E-state index in [0.717, 1.165) is 22.2 Å². The summed E-state index contributed by atoms with van der Waals surface area (Å²) in [4.78, 5) is 25.3. The smallest absolute Gasteiger partial charge is 0.234 e. The van der Waals surface area contributed by atoms with E-state index < -0.39 is 0 Å². The maximum atomic E-state index is 12.1. The molecule has 1 aliphatic carbocycles. The average Bonchev–Trinajstić information content (AvgIpc) is 3.16. The highest BCUT2D eigenvalue weighted by atomic mass is 32.2. The second kappa shape index (κ2) is 10.6. The summed E-state index contributed by atoms with van der Waals surface area (Å²) < 4.78 is 0. The Morgan fingerprint density at radius 3 is 2.21 bits per heavy atom. The van der Waals surface area contributed by atoms with Gasteiger partial charge in [-0.15, -0.1) is 23.5 Å². The lowest BCUT2D eigenvalue weighted by atomic mass is 10.2. The van der Waals surface area contributed by atoms with Gasteiger partial charge in [0.15, 0.2) is 0 Å². The molecule has 4 nitrogen and oxygen atoms in total. The number of carbonyl (C=O) groups is 2. The van der Waals surface area contributed by atoms with Crippen molar-refractivity contribution in [3.05, 3.63) is 54.1 Å². The number of thioether (sulfide) groups is 2. The van der Waals surface area contributed by atoms with Crippen molar-refractivity contribution in [2.24, 2.45) is 0 Å². The number of hydrogen-bond donors (Lipinski definition) is 2. The number of nitrogens with one attached hydrogen (secondary N) is 2. The molecule has 2 aromatic rings. The van der Waals surface area contributed by atoms with Gasteiger partial charge in [0, 0.05) is 21.5 Å². The van der Waals surface area contributed by atoms with Crippen LogP contribution in [0.4, 0.5) is 11.4 Å². The number of hydrogen-bond acceptors (Lipinski definition) is 4. The molecule has 0 aliphatic heterocycles. The minimum absolute atomic E-state index is 0.0930. The molecule has 2 N–H and O–H groups in total. The van der Waals surface area contributed by atoms with Crippen LogP contribution in [-0.2, 0) is 9.59 Å². The summed E-state index contributed by atoms with van der Waals surface area (Å²) in [5, 5.41) is 6.48. The van der Waals surface area contributed by atoms with Crippen LogP contribution in [0.2, 0.25) is 0 Å². The number of carbonyl (C=O) groups excluding carboxylic acids is 2. The van der Waals surface area contributed by atoms with Crippen molar-refractivity contribution in [2.45, 2.75) is 42.8 Å². The van der Waals surface area contributed by atoms with E-state index in [0.29, 0.717) is 0 Å². The fourth-order valence-electron chi connectivity index (χ4n) is 3.17. The molecule has 0 atom stereocenters. The second-order valence-electron chi connectivity index (χ2n) is 7.01. The van der Waals surface area contributed by atoms with E-state index in [9.17, 15) is 9.59 Å². The Hall–Kier alpha value is -1.92. The second-order valence-corrected chi connectivity index (χ2v) is 9.37. The first-order chi connectivity index (χ1) is 13.6. The maximum absolute atomic E-state index is 12.1.